The van der Waals surface area contributed by atoms with Crippen molar-refractivity contribution < 1.29 is 9.47 Å². The predicted octanol–water partition coefficient (Wildman–Crippen LogP) is 4.58. The van der Waals surface area contributed by atoms with Crippen LogP contribution < -0.4 is 0 Å². The van der Waals surface area contributed by atoms with Crippen molar-refractivity contribution in [2.45, 2.75) is 64.8 Å². The Morgan fingerprint density at radius 2 is 1.95 bits per heavy atom. The highest BCUT2D eigenvalue weighted by Crippen LogP contribution is 2.33. The molecule has 0 aliphatic carbocycles. The lowest BCUT2D eigenvalue weighted by atomic mass is 9.94. The number of ether oxygens (including phenoxy) is 2. The fourth-order valence-corrected chi connectivity index (χ4v) is 2.95. The van der Waals surface area contributed by atoms with Crippen LogP contribution in [0.5, 0.6) is 0 Å². The van der Waals surface area contributed by atoms with Gasteiger partial charge in [-0.15, -0.1) is 0 Å². The third-order valence-corrected chi connectivity index (χ3v) is 4.34. The first-order valence-corrected chi connectivity index (χ1v) is 8.02. The molecule has 1 heterocycles. The predicted molar refractivity (Wildman–Crippen MR) is 82.7 cm³/mol. The molecule has 112 valence electrons. The first kappa shape index (κ1) is 15.5. The van der Waals surface area contributed by atoms with E-state index < -0.39 is 5.79 Å². The van der Waals surface area contributed by atoms with Crippen LogP contribution in [0.3, 0.4) is 0 Å². The SMILES string of the molecule is CCC[C@@H]1O[C@](C)(CCc2ccccc2)OC[C@H]1CC. The van der Waals surface area contributed by atoms with Crippen LogP contribution in [0.15, 0.2) is 30.3 Å². The summed E-state index contributed by atoms with van der Waals surface area (Å²) in [5, 5.41) is 0. The van der Waals surface area contributed by atoms with Crippen LogP contribution in [0.25, 0.3) is 0 Å². The summed E-state index contributed by atoms with van der Waals surface area (Å²) in [5.41, 5.74) is 1.35. The lowest BCUT2D eigenvalue weighted by Crippen LogP contribution is -2.47. The van der Waals surface area contributed by atoms with Gasteiger partial charge in [0.15, 0.2) is 5.79 Å². The summed E-state index contributed by atoms with van der Waals surface area (Å²) in [6.07, 6.45) is 5.75. The van der Waals surface area contributed by atoms with Gasteiger partial charge in [0.05, 0.1) is 12.7 Å². The van der Waals surface area contributed by atoms with Crippen molar-refractivity contribution in [2.24, 2.45) is 5.92 Å². The topological polar surface area (TPSA) is 18.5 Å². The Morgan fingerprint density at radius 3 is 2.60 bits per heavy atom. The van der Waals surface area contributed by atoms with Crippen LogP contribution in [0.1, 0.15) is 52.0 Å². The molecule has 1 saturated heterocycles. The molecule has 1 aliphatic heterocycles. The summed E-state index contributed by atoms with van der Waals surface area (Å²) < 4.78 is 12.4. The second-order valence-electron chi connectivity index (χ2n) is 6.04. The molecule has 0 unspecified atom stereocenters. The maximum Gasteiger partial charge on any atom is 0.166 e. The quantitative estimate of drug-likeness (QED) is 0.757. The molecule has 1 aliphatic rings. The Balaban J connectivity index is 1.93. The molecular weight excluding hydrogens is 248 g/mol. The Bertz CT molecular complexity index is 390. The van der Waals surface area contributed by atoms with E-state index in [2.05, 4.69) is 51.1 Å². The second-order valence-corrected chi connectivity index (χ2v) is 6.04. The van der Waals surface area contributed by atoms with Gasteiger partial charge in [0, 0.05) is 12.3 Å². The van der Waals surface area contributed by atoms with E-state index in [-0.39, 0.29) is 0 Å². The van der Waals surface area contributed by atoms with Crippen molar-refractivity contribution in [3.05, 3.63) is 35.9 Å². The zero-order valence-corrected chi connectivity index (χ0v) is 13.1. The van der Waals surface area contributed by atoms with Crippen LogP contribution >= 0.6 is 0 Å². The van der Waals surface area contributed by atoms with E-state index in [0.717, 1.165) is 32.3 Å². The van der Waals surface area contributed by atoms with Crippen molar-refractivity contribution in [1.29, 1.82) is 0 Å². The first-order chi connectivity index (χ1) is 9.67. The highest BCUT2D eigenvalue weighted by atomic mass is 16.7. The summed E-state index contributed by atoms with van der Waals surface area (Å²) in [6, 6.07) is 10.6. The van der Waals surface area contributed by atoms with E-state index >= 15 is 0 Å². The highest BCUT2D eigenvalue weighted by Gasteiger charge is 2.37. The van der Waals surface area contributed by atoms with Crippen molar-refractivity contribution in [3.63, 3.8) is 0 Å². The summed E-state index contributed by atoms with van der Waals surface area (Å²) in [5.74, 6) is 0.140. The Hall–Kier alpha value is -0.860. The van der Waals surface area contributed by atoms with Gasteiger partial charge < -0.3 is 9.47 Å². The van der Waals surface area contributed by atoms with Gasteiger partial charge in [-0.3, -0.25) is 0 Å². The molecule has 2 rings (SSSR count). The largest absolute Gasteiger partial charge is 0.350 e. The molecule has 1 fully saturated rings. The summed E-state index contributed by atoms with van der Waals surface area (Å²) in [6.45, 7) is 7.40. The van der Waals surface area contributed by atoms with Gasteiger partial charge in [-0.05, 0) is 31.7 Å². The summed E-state index contributed by atoms with van der Waals surface area (Å²) in [7, 11) is 0. The van der Waals surface area contributed by atoms with Crippen LogP contribution in [-0.4, -0.2) is 18.5 Å². The lowest BCUT2D eigenvalue weighted by molar-refractivity contribution is -0.306. The minimum absolute atomic E-state index is 0.361. The molecule has 3 atom stereocenters. The van der Waals surface area contributed by atoms with Crippen LogP contribution in [0.2, 0.25) is 0 Å². The molecule has 2 nitrogen and oxygen atoms in total. The van der Waals surface area contributed by atoms with Crippen LogP contribution in [0, 0.1) is 5.92 Å². The second kappa shape index (κ2) is 7.24. The Kier molecular flexibility index (Phi) is 5.62. The lowest BCUT2D eigenvalue weighted by Gasteiger charge is -2.43. The third kappa shape index (κ3) is 4.07. The molecule has 2 heteroatoms. The Labute approximate surface area is 123 Å². The van der Waals surface area contributed by atoms with Gasteiger partial charge >= 0.3 is 0 Å². The van der Waals surface area contributed by atoms with E-state index in [1.807, 2.05) is 0 Å². The maximum absolute atomic E-state index is 6.32. The van der Waals surface area contributed by atoms with Crippen molar-refractivity contribution in [2.75, 3.05) is 6.61 Å². The molecule has 0 aromatic heterocycles. The number of benzene rings is 1. The molecule has 0 amide bonds. The van der Waals surface area contributed by atoms with E-state index in [0.29, 0.717) is 12.0 Å². The number of hydrogen-bond acceptors (Lipinski definition) is 2. The van der Waals surface area contributed by atoms with Gasteiger partial charge in [0.1, 0.15) is 0 Å². The van der Waals surface area contributed by atoms with E-state index in [1.165, 1.54) is 12.0 Å². The molecule has 1 aromatic carbocycles. The van der Waals surface area contributed by atoms with Crippen LogP contribution in [0.4, 0.5) is 0 Å². The normalized spacial score (nSPS) is 30.4. The molecule has 0 radical (unpaired) electrons. The standard InChI is InChI=1S/C18H28O2/c1-4-9-17-16(5-2)14-19-18(3,20-17)13-12-15-10-7-6-8-11-15/h6-8,10-11,16-17H,4-5,9,12-14H2,1-3H3/t16-,17+,18-/m1/s1. The minimum atomic E-state index is -0.415. The number of rotatable bonds is 6. The van der Waals surface area contributed by atoms with Gasteiger partial charge in [-0.25, -0.2) is 0 Å². The molecule has 0 spiro atoms. The average molecular weight is 276 g/mol. The summed E-state index contributed by atoms with van der Waals surface area (Å²) >= 11 is 0. The molecule has 0 bridgehead atoms. The molecule has 0 saturated carbocycles. The average Bonchev–Trinajstić information content (AvgIpc) is 2.47. The van der Waals surface area contributed by atoms with E-state index in [9.17, 15) is 0 Å². The third-order valence-electron chi connectivity index (χ3n) is 4.34. The molecular formula is C18H28O2. The van der Waals surface area contributed by atoms with Crippen molar-refractivity contribution in [1.82, 2.24) is 0 Å². The smallest absolute Gasteiger partial charge is 0.166 e. The molecule has 1 aromatic rings. The number of aryl methyl sites for hydroxylation is 1. The van der Waals surface area contributed by atoms with Crippen molar-refractivity contribution in [3.8, 4) is 0 Å². The van der Waals surface area contributed by atoms with Gasteiger partial charge in [0.2, 0.25) is 0 Å². The zero-order valence-electron chi connectivity index (χ0n) is 13.1. The zero-order chi connectivity index (χ0) is 14.4. The highest BCUT2D eigenvalue weighted by molar-refractivity contribution is 5.14. The summed E-state index contributed by atoms with van der Waals surface area (Å²) in [4.78, 5) is 0. The molecule has 0 N–H and O–H groups in total. The van der Waals surface area contributed by atoms with Gasteiger partial charge in [-0.2, -0.15) is 0 Å². The maximum atomic E-state index is 6.32. The number of hydrogen-bond donors (Lipinski definition) is 0. The monoisotopic (exact) mass is 276 g/mol. The van der Waals surface area contributed by atoms with E-state index in [4.69, 9.17) is 9.47 Å². The van der Waals surface area contributed by atoms with Crippen LogP contribution in [-0.2, 0) is 15.9 Å². The minimum Gasteiger partial charge on any atom is -0.350 e. The fraction of sp³-hybridized carbons (Fsp3) is 0.667. The molecule has 20 heavy (non-hydrogen) atoms. The fourth-order valence-electron chi connectivity index (χ4n) is 2.95. The first-order valence-electron chi connectivity index (χ1n) is 8.02. The Morgan fingerprint density at radius 1 is 1.20 bits per heavy atom. The van der Waals surface area contributed by atoms with Crippen molar-refractivity contribution >= 4 is 0 Å². The van der Waals surface area contributed by atoms with Gasteiger partial charge in [0.25, 0.3) is 0 Å². The van der Waals surface area contributed by atoms with E-state index in [1.54, 1.807) is 0 Å². The van der Waals surface area contributed by atoms with Gasteiger partial charge in [-0.1, -0.05) is 50.6 Å².